The molecule has 0 spiro atoms. The average Bonchev–Trinajstić information content (AvgIpc) is 3.62. The number of thiazole rings is 1. The van der Waals surface area contributed by atoms with E-state index >= 15 is 0 Å². The molecule has 1 aliphatic heterocycles. The molecular formula is C25H26N4O2S2. The standard InChI is InChI=1S/C25H26N4O2S2/c1-31-21-8-6-19(7-9-21)24-26-20(18-33-24)16-27-11-13-28(14-12-27)25(30)23-5-2-10-29(23)17-22-4-3-15-32-22/h2-10,15,18H,11-14,16-17H2,1H3. The van der Waals surface area contributed by atoms with Crippen LogP contribution < -0.4 is 4.74 Å². The lowest BCUT2D eigenvalue weighted by molar-refractivity contribution is 0.0617. The molecule has 1 fully saturated rings. The van der Waals surface area contributed by atoms with Crippen LogP contribution in [0, 0.1) is 0 Å². The summed E-state index contributed by atoms with van der Waals surface area (Å²) in [5.74, 6) is 0.966. The molecule has 6 nitrogen and oxygen atoms in total. The molecular weight excluding hydrogens is 452 g/mol. The number of benzene rings is 1. The van der Waals surface area contributed by atoms with Gasteiger partial charge in [0.1, 0.15) is 16.5 Å². The maximum atomic E-state index is 13.2. The summed E-state index contributed by atoms with van der Waals surface area (Å²) in [4.78, 5) is 23.6. The minimum absolute atomic E-state index is 0.117. The zero-order valence-corrected chi connectivity index (χ0v) is 20.1. The third-order valence-electron chi connectivity index (χ3n) is 5.89. The van der Waals surface area contributed by atoms with Crippen molar-refractivity contribution in [3.63, 3.8) is 0 Å². The first-order valence-electron chi connectivity index (χ1n) is 11.0. The first-order valence-corrected chi connectivity index (χ1v) is 12.7. The summed E-state index contributed by atoms with van der Waals surface area (Å²) in [7, 11) is 1.67. The summed E-state index contributed by atoms with van der Waals surface area (Å²) in [5.41, 5.74) is 2.95. The van der Waals surface area contributed by atoms with E-state index in [1.807, 2.05) is 53.6 Å². The summed E-state index contributed by atoms with van der Waals surface area (Å²) >= 11 is 3.38. The maximum Gasteiger partial charge on any atom is 0.270 e. The number of nitrogens with zero attached hydrogens (tertiary/aromatic N) is 4. The fraction of sp³-hybridized carbons (Fsp3) is 0.280. The number of carbonyl (C=O) groups excluding carboxylic acids is 1. The van der Waals surface area contributed by atoms with Crippen molar-refractivity contribution in [1.29, 1.82) is 0 Å². The third-order valence-corrected chi connectivity index (χ3v) is 7.69. The Morgan fingerprint density at radius 3 is 2.55 bits per heavy atom. The second kappa shape index (κ2) is 9.91. The van der Waals surface area contributed by atoms with E-state index in [2.05, 4.69) is 26.3 Å². The van der Waals surface area contributed by atoms with Gasteiger partial charge in [0, 0.05) is 54.7 Å². The number of hydrogen-bond acceptors (Lipinski definition) is 6. The highest BCUT2D eigenvalue weighted by atomic mass is 32.1. The molecule has 1 saturated heterocycles. The van der Waals surface area contributed by atoms with Gasteiger partial charge < -0.3 is 14.2 Å². The number of ether oxygens (including phenoxy) is 1. The van der Waals surface area contributed by atoms with E-state index in [0.717, 1.165) is 67.0 Å². The predicted octanol–water partition coefficient (Wildman–Crippen LogP) is 4.69. The molecule has 3 aromatic heterocycles. The van der Waals surface area contributed by atoms with Crippen LogP contribution in [-0.2, 0) is 13.1 Å². The van der Waals surface area contributed by atoms with Crippen molar-refractivity contribution in [2.75, 3.05) is 33.3 Å². The van der Waals surface area contributed by atoms with Gasteiger partial charge in [-0.05, 0) is 47.8 Å². The molecule has 0 atom stereocenters. The summed E-state index contributed by atoms with van der Waals surface area (Å²) in [5, 5.41) is 5.23. The van der Waals surface area contributed by atoms with Gasteiger partial charge in [-0.1, -0.05) is 6.07 Å². The molecule has 8 heteroatoms. The Morgan fingerprint density at radius 2 is 1.82 bits per heavy atom. The zero-order chi connectivity index (χ0) is 22.6. The van der Waals surface area contributed by atoms with E-state index in [1.165, 1.54) is 4.88 Å². The molecule has 4 aromatic rings. The van der Waals surface area contributed by atoms with Crippen molar-refractivity contribution in [2.45, 2.75) is 13.1 Å². The van der Waals surface area contributed by atoms with Crippen LogP contribution >= 0.6 is 22.7 Å². The second-order valence-electron chi connectivity index (χ2n) is 8.04. The number of piperazine rings is 1. The molecule has 170 valence electrons. The van der Waals surface area contributed by atoms with Crippen LogP contribution in [0.5, 0.6) is 5.75 Å². The minimum Gasteiger partial charge on any atom is -0.497 e. The number of hydrogen-bond donors (Lipinski definition) is 0. The zero-order valence-electron chi connectivity index (χ0n) is 18.5. The Kier molecular flexibility index (Phi) is 6.57. The van der Waals surface area contributed by atoms with E-state index in [0.29, 0.717) is 0 Å². The predicted molar refractivity (Wildman–Crippen MR) is 133 cm³/mol. The normalized spacial score (nSPS) is 14.5. The number of carbonyl (C=O) groups is 1. The molecule has 0 saturated carbocycles. The van der Waals surface area contributed by atoms with Gasteiger partial charge >= 0.3 is 0 Å². The number of methoxy groups -OCH3 is 1. The monoisotopic (exact) mass is 478 g/mol. The van der Waals surface area contributed by atoms with E-state index in [4.69, 9.17) is 9.72 Å². The molecule has 1 aromatic carbocycles. The van der Waals surface area contributed by atoms with Crippen molar-refractivity contribution in [3.05, 3.63) is 81.8 Å². The van der Waals surface area contributed by atoms with Crippen molar-refractivity contribution < 1.29 is 9.53 Å². The molecule has 0 bridgehead atoms. The number of rotatable bonds is 7. The smallest absolute Gasteiger partial charge is 0.270 e. The van der Waals surface area contributed by atoms with Crippen LogP contribution in [0.25, 0.3) is 10.6 Å². The fourth-order valence-electron chi connectivity index (χ4n) is 4.06. The van der Waals surface area contributed by atoms with E-state index in [-0.39, 0.29) is 5.91 Å². The maximum absolute atomic E-state index is 13.2. The van der Waals surface area contributed by atoms with Crippen molar-refractivity contribution in [1.82, 2.24) is 19.4 Å². The lowest BCUT2D eigenvalue weighted by atomic mass is 10.2. The Balaban J connectivity index is 1.16. The molecule has 5 rings (SSSR count). The average molecular weight is 479 g/mol. The number of amides is 1. The topological polar surface area (TPSA) is 50.6 Å². The Labute approximate surface area is 201 Å². The first-order chi connectivity index (χ1) is 16.2. The van der Waals surface area contributed by atoms with Crippen LogP contribution in [0.3, 0.4) is 0 Å². The fourth-order valence-corrected chi connectivity index (χ4v) is 5.58. The third kappa shape index (κ3) is 5.03. The molecule has 1 aliphatic rings. The lowest BCUT2D eigenvalue weighted by Gasteiger charge is -2.34. The number of aromatic nitrogens is 2. The van der Waals surface area contributed by atoms with Gasteiger partial charge in [-0.2, -0.15) is 0 Å². The highest BCUT2D eigenvalue weighted by molar-refractivity contribution is 7.13. The molecule has 0 unspecified atom stereocenters. The van der Waals surface area contributed by atoms with Gasteiger partial charge in [0.25, 0.3) is 5.91 Å². The summed E-state index contributed by atoms with van der Waals surface area (Å²) in [6.45, 7) is 4.73. The second-order valence-corrected chi connectivity index (χ2v) is 9.93. The number of thiophene rings is 1. The quantitative estimate of drug-likeness (QED) is 0.387. The summed E-state index contributed by atoms with van der Waals surface area (Å²) in [6, 6.07) is 16.0. The van der Waals surface area contributed by atoms with Gasteiger partial charge in [-0.25, -0.2) is 4.98 Å². The van der Waals surface area contributed by atoms with Crippen LogP contribution in [-0.4, -0.2) is 58.5 Å². The van der Waals surface area contributed by atoms with Gasteiger partial charge in [-0.3, -0.25) is 9.69 Å². The first kappa shape index (κ1) is 21.9. The Hall–Kier alpha value is -2.94. The van der Waals surface area contributed by atoms with Crippen LogP contribution in [0.4, 0.5) is 0 Å². The molecule has 0 N–H and O–H groups in total. The van der Waals surface area contributed by atoms with Crippen LogP contribution in [0.1, 0.15) is 21.1 Å². The highest BCUT2D eigenvalue weighted by Crippen LogP contribution is 2.26. The molecule has 0 aliphatic carbocycles. The van der Waals surface area contributed by atoms with Crippen LogP contribution in [0.2, 0.25) is 0 Å². The van der Waals surface area contributed by atoms with Crippen molar-refractivity contribution >= 4 is 28.6 Å². The molecule has 33 heavy (non-hydrogen) atoms. The van der Waals surface area contributed by atoms with E-state index in [9.17, 15) is 4.79 Å². The van der Waals surface area contributed by atoms with Gasteiger partial charge in [0.05, 0.1) is 19.3 Å². The van der Waals surface area contributed by atoms with Crippen LogP contribution in [0.15, 0.2) is 65.5 Å². The van der Waals surface area contributed by atoms with Gasteiger partial charge in [0.2, 0.25) is 0 Å². The van der Waals surface area contributed by atoms with Gasteiger partial charge in [-0.15, -0.1) is 22.7 Å². The van der Waals surface area contributed by atoms with Crippen molar-refractivity contribution in [3.8, 4) is 16.3 Å². The van der Waals surface area contributed by atoms with Gasteiger partial charge in [0.15, 0.2) is 0 Å². The lowest BCUT2D eigenvalue weighted by Crippen LogP contribution is -2.48. The Morgan fingerprint density at radius 1 is 1.00 bits per heavy atom. The van der Waals surface area contributed by atoms with E-state index < -0.39 is 0 Å². The SMILES string of the molecule is COc1ccc(-c2nc(CN3CCN(C(=O)c4cccn4Cc4cccs4)CC3)cs2)cc1. The largest absolute Gasteiger partial charge is 0.497 e. The Bertz CT molecular complexity index is 1190. The summed E-state index contributed by atoms with van der Waals surface area (Å²) in [6.07, 6.45) is 1.99. The molecule has 0 radical (unpaired) electrons. The molecule has 1 amide bonds. The molecule has 4 heterocycles. The highest BCUT2D eigenvalue weighted by Gasteiger charge is 2.24. The van der Waals surface area contributed by atoms with E-state index in [1.54, 1.807) is 29.8 Å². The minimum atomic E-state index is 0.117. The van der Waals surface area contributed by atoms with Crippen molar-refractivity contribution in [2.24, 2.45) is 0 Å². The summed E-state index contributed by atoms with van der Waals surface area (Å²) < 4.78 is 7.29.